The van der Waals surface area contributed by atoms with Crippen molar-refractivity contribution in [3.05, 3.63) is 29.8 Å². The number of methoxy groups -OCH3 is 1. The number of aliphatic carboxylic acids is 1. The van der Waals surface area contributed by atoms with Crippen molar-refractivity contribution in [3.8, 4) is 5.75 Å². The Morgan fingerprint density at radius 2 is 2.29 bits per heavy atom. The molecule has 92 valence electrons. The molecule has 0 saturated carbocycles. The van der Waals surface area contributed by atoms with Crippen LogP contribution in [-0.2, 0) is 4.79 Å². The second-order valence-corrected chi connectivity index (χ2v) is 4.50. The van der Waals surface area contributed by atoms with E-state index in [1.165, 1.54) is 0 Å². The highest BCUT2D eigenvalue weighted by atomic mass is 16.5. The monoisotopic (exact) mass is 235 g/mol. The fourth-order valence-corrected chi connectivity index (χ4v) is 2.42. The Bertz CT molecular complexity index is 419. The van der Waals surface area contributed by atoms with Gasteiger partial charge in [-0.15, -0.1) is 0 Å². The van der Waals surface area contributed by atoms with Crippen molar-refractivity contribution >= 4 is 5.97 Å². The molecule has 1 saturated heterocycles. The number of likely N-dealkylation sites (tertiary alicyclic amines) is 1. The van der Waals surface area contributed by atoms with Gasteiger partial charge in [0.05, 0.1) is 13.0 Å². The van der Waals surface area contributed by atoms with E-state index in [0.717, 1.165) is 11.3 Å². The van der Waals surface area contributed by atoms with Crippen LogP contribution in [0.2, 0.25) is 0 Å². The Balaban J connectivity index is 2.19. The van der Waals surface area contributed by atoms with Crippen molar-refractivity contribution in [1.82, 2.24) is 4.90 Å². The SMILES string of the molecule is COc1cccc([C@@H]2C[C@H](C(=O)O)CN2C)c1. The highest BCUT2D eigenvalue weighted by molar-refractivity contribution is 5.70. The average Bonchev–Trinajstić information content (AvgIpc) is 2.72. The van der Waals surface area contributed by atoms with Crippen LogP contribution >= 0.6 is 0 Å². The molecule has 4 nitrogen and oxygen atoms in total. The number of nitrogens with zero attached hydrogens (tertiary/aromatic N) is 1. The van der Waals surface area contributed by atoms with Crippen molar-refractivity contribution in [1.29, 1.82) is 0 Å². The molecule has 0 aliphatic carbocycles. The van der Waals surface area contributed by atoms with Gasteiger partial charge in [-0.2, -0.15) is 0 Å². The smallest absolute Gasteiger partial charge is 0.307 e. The number of carboxylic acid groups (broad SMARTS) is 1. The minimum atomic E-state index is -0.706. The van der Waals surface area contributed by atoms with Crippen molar-refractivity contribution in [2.24, 2.45) is 5.92 Å². The topological polar surface area (TPSA) is 49.8 Å². The first-order chi connectivity index (χ1) is 8.11. The van der Waals surface area contributed by atoms with Crippen molar-refractivity contribution < 1.29 is 14.6 Å². The molecule has 0 aromatic heterocycles. The van der Waals surface area contributed by atoms with E-state index in [1.54, 1.807) is 7.11 Å². The van der Waals surface area contributed by atoms with Crippen LogP contribution in [-0.4, -0.2) is 36.7 Å². The molecule has 1 aliphatic heterocycles. The molecule has 1 aliphatic rings. The van der Waals surface area contributed by atoms with Gasteiger partial charge in [0.1, 0.15) is 5.75 Å². The molecule has 0 bridgehead atoms. The van der Waals surface area contributed by atoms with Crippen molar-refractivity contribution in [2.45, 2.75) is 12.5 Å². The highest BCUT2D eigenvalue weighted by Crippen LogP contribution is 2.35. The minimum absolute atomic E-state index is 0.172. The molecule has 1 aromatic rings. The molecule has 0 amide bonds. The van der Waals surface area contributed by atoms with Crippen LogP contribution in [0.4, 0.5) is 0 Å². The standard InChI is InChI=1S/C13H17NO3/c1-14-8-10(13(15)16)7-12(14)9-4-3-5-11(6-9)17-2/h3-6,10,12H,7-8H2,1-2H3,(H,15,16)/t10-,12-/m0/s1. The lowest BCUT2D eigenvalue weighted by Crippen LogP contribution is -2.20. The minimum Gasteiger partial charge on any atom is -0.497 e. The number of carboxylic acids is 1. The molecule has 1 N–H and O–H groups in total. The fraction of sp³-hybridized carbons (Fsp3) is 0.462. The molecule has 0 unspecified atom stereocenters. The lowest BCUT2D eigenvalue weighted by molar-refractivity contribution is -0.141. The summed E-state index contributed by atoms with van der Waals surface area (Å²) in [6.07, 6.45) is 0.666. The first-order valence-corrected chi connectivity index (χ1v) is 5.69. The number of hydrogen-bond donors (Lipinski definition) is 1. The van der Waals surface area contributed by atoms with Crippen LogP contribution in [0.25, 0.3) is 0 Å². The molecule has 0 radical (unpaired) electrons. The second-order valence-electron chi connectivity index (χ2n) is 4.50. The van der Waals surface area contributed by atoms with E-state index in [-0.39, 0.29) is 12.0 Å². The van der Waals surface area contributed by atoms with E-state index in [4.69, 9.17) is 9.84 Å². The van der Waals surface area contributed by atoms with Crippen LogP contribution in [0.5, 0.6) is 5.75 Å². The fourth-order valence-electron chi connectivity index (χ4n) is 2.42. The zero-order valence-corrected chi connectivity index (χ0v) is 10.1. The molecule has 0 spiro atoms. The lowest BCUT2D eigenvalue weighted by atomic mass is 10.00. The molecule has 1 heterocycles. The van der Waals surface area contributed by atoms with E-state index < -0.39 is 5.97 Å². The first-order valence-electron chi connectivity index (χ1n) is 5.69. The van der Waals surface area contributed by atoms with Crippen molar-refractivity contribution in [3.63, 3.8) is 0 Å². The summed E-state index contributed by atoms with van der Waals surface area (Å²) in [7, 11) is 3.60. The van der Waals surface area contributed by atoms with Gasteiger partial charge in [0.15, 0.2) is 0 Å². The quantitative estimate of drug-likeness (QED) is 0.867. The highest BCUT2D eigenvalue weighted by Gasteiger charge is 2.34. The largest absolute Gasteiger partial charge is 0.497 e. The van der Waals surface area contributed by atoms with Gasteiger partial charge in [-0.3, -0.25) is 9.69 Å². The Hall–Kier alpha value is -1.55. The van der Waals surface area contributed by atoms with E-state index in [0.29, 0.717) is 13.0 Å². The summed E-state index contributed by atoms with van der Waals surface area (Å²) in [6, 6.07) is 8.01. The molecule has 1 aromatic carbocycles. The molecular weight excluding hydrogens is 218 g/mol. The Morgan fingerprint density at radius 3 is 2.88 bits per heavy atom. The number of benzene rings is 1. The van der Waals surface area contributed by atoms with Crippen LogP contribution in [0.15, 0.2) is 24.3 Å². The van der Waals surface area contributed by atoms with Gasteiger partial charge in [-0.1, -0.05) is 12.1 Å². The van der Waals surface area contributed by atoms with Gasteiger partial charge in [0, 0.05) is 12.6 Å². The summed E-state index contributed by atoms with van der Waals surface area (Å²) in [4.78, 5) is 13.1. The maximum absolute atomic E-state index is 11.0. The Labute approximate surface area is 101 Å². The first kappa shape index (κ1) is 11.9. The Morgan fingerprint density at radius 1 is 1.53 bits per heavy atom. The van der Waals surface area contributed by atoms with E-state index >= 15 is 0 Å². The van der Waals surface area contributed by atoms with Crippen LogP contribution in [0.3, 0.4) is 0 Å². The van der Waals surface area contributed by atoms with Gasteiger partial charge >= 0.3 is 5.97 Å². The summed E-state index contributed by atoms with van der Waals surface area (Å²) in [6.45, 7) is 0.608. The lowest BCUT2D eigenvalue weighted by Gasteiger charge is -2.19. The molecular formula is C13H17NO3. The van der Waals surface area contributed by atoms with E-state index in [2.05, 4.69) is 4.90 Å². The number of rotatable bonds is 3. The maximum Gasteiger partial charge on any atom is 0.307 e. The normalized spacial score (nSPS) is 24.8. The predicted molar refractivity (Wildman–Crippen MR) is 64.1 cm³/mol. The van der Waals surface area contributed by atoms with Crippen LogP contribution in [0.1, 0.15) is 18.0 Å². The third kappa shape index (κ3) is 2.42. The molecule has 2 atom stereocenters. The zero-order valence-electron chi connectivity index (χ0n) is 10.1. The van der Waals surface area contributed by atoms with Crippen LogP contribution in [0, 0.1) is 5.92 Å². The van der Waals surface area contributed by atoms with E-state index in [9.17, 15) is 4.79 Å². The average molecular weight is 235 g/mol. The second kappa shape index (κ2) is 4.75. The third-order valence-corrected chi connectivity index (χ3v) is 3.38. The summed E-state index contributed by atoms with van der Waals surface area (Å²) in [5.41, 5.74) is 1.12. The molecule has 1 fully saturated rings. The van der Waals surface area contributed by atoms with E-state index in [1.807, 2.05) is 31.3 Å². The number of carbonyl (C=O) groups is 1. The zero-order chi connectivity index (χ0) is 12.4. The maximum atomic E-state index is 11.0. The van der Waals surface area contributed by atoms with Crippen LogP contribution < -0.4 is 4.74 Å². The van der Waals surface area contributed by atoms with Gasteiger partial charge in [0.2, 0.25) is 0 Å². The number of ether oxygens (including phenoxy) is 1. The predicted octanol–water partition coefficient (Wildman–Crippen LogP) is 1.77. The molecule has 4 heteroatoms. The van der Waals surface area contributed by atoms with Gasteiger partial charge in [0.25, 0.3) is 0 Å². The summed E-state index contributed by atoms with van der Waals surface area (Å²) < 4.78 is 5.19. The summed E-state index contributed by atoms with van der Waals surface area (Å²) in [5.74, 6) is -0.159. The third-order valence-electron chi connectivity index (χ3n) is 3.38. The number of hydrogen-bond acceptors (Lipinski definition) is 3. The van der Waals surface area contributed by atoms with Gasteiger partial charge in [-0.05, 0) is 31.2 Å². The van der Waals surface area contributed by atoms with Gasteiger partial charge < -0.3 is 9.84 Å². The summed E-state index contributed by atoms with van der Waals surface area (Å²) >= 11 is 0. The Kier molecular flexibility index (Phi) is 3.33. The van der Waals surface area contributed by atoms with Crippen molar-refractivity contribution in [2.75, 3.05) is 20.7 Å². The molecule has 2 rings (SSSR count). The summed E-state index contributed by atoms with van der Waals surface area (Å²) in [5, 5.41) is 9.05. The van der Waals surface area contributed by atoms with Gasteiger partial charge in [-0.25, -0.2) is 0 Å². The molecule has 17 heavy (non-hydrogen) atoms.